The lowest BCUT2D eigenvalue weighted by Gasteiger charge is -2.21. The number of benzene rings is 1. The lowest BCUT2D eigenvalue weighted by Crippen LogP contribution is -2.51. The summed E-state index contributed by atoms with van der Waals surface area (Å²) in [5.41, 5.74) is 5.62. The van der Waals surface area contributed by atoms with Crippen molar-refractivity contribution in [2.75, 3.05) is 0 Å². The number of nitrogens with zero attached hydrogens (tertiary/aromatic N) is 1. The molecule has 23 heavy (non-hydrogen) atoms. The first-order valence-corrected chi connectivity index (χ1v) is 6.85. The van der Waals surface area contributed by atoms with Crippen LogP contribution in [0.5, 0.6) is 0 Å². The van der Waals surface area contributed by atoms with E-state index in [0.29, 0.717) is 0 Å². The molecule has 0 bridgehead atoms. The molecule has 0 heterocycles. The van der Waals surface area contributed by atoms with E-state index in [1.165, 1.54) is 24.3 Å². The molecular formula is C14H19N3O6. The van der Waals surface area contributed by atoms with E-state index in [9.17, 15) is 29.9 Å². The molecule has 0 unspecified atom stereocenters. The van der Waals surface area contributed by atoms with Crippen LogP contribution in [0.2, 0.25) is 0 Å². The highest BCUT2D eigenvalue weighted by Crippen LogP contribution is 2.19. The summed E-state index contributed by atoms with van der Waals surface area (Å²) in [5, 5.41) is 32.2. The molecule has 0 fully saturated rings. The maximum absolute atomic E-state index is 11.9. The number of hydrogen-bond donors (Lipinski definition) is 4. The van der Waals surface area contributed by atoms with E-state index >= 15 is 0 Å². The van der Waals surface area contributed by atoms with Gasteiger partial charge >= 0.3 is 0 Å². The molecule has 0 spiro atoms. The van der Waals surface area contributed by atoms with E-state index in [-0.39, 0.29) is 11.3 Å². The van der Waals surface area contributed by atoms with Crippen LogP contribution >= 0.6 is 0 Å². The minimum atomic E-state index is -1.71. The number of Topliss-reactive ketones (excluding diaryl/α,β-unsaturated/α-hetero) is 1. The van der Waals surface area contributed by atoms with Gasteiger partial charge in [-0.3, -0.25) is 19.7 Å². The number of nitrogens with two attached hydrogens (primary N) is 1. The standard InChI is InChI=1S/C14H19N3O6/c1-7(2)11(18)14(21)16-13(20)10(15)12(19)8-3-5-9(6-4-8)17(22)23/h3-7,10,12,14,19,21H,15H2,1-2H3,(H,16,20)/t10-,12+,14+/m1/s1. The van der Waals surface area contributed by atoms with Gasteiger partial charge in [0.05, 0.1) is 4.92 Å². The maximum Gasteiger partial charge on any atom is 0.269 e. The molecule has 5 N–H and O–H groups in total. The first-order chi connectivity index (χ1) is 10.6. The third kappa shape index (κ3) is 4.81. The largest absolute Gasteiger partial charge is 0.386 e. The minimum Gasteiger partial charge on any atom is -0.386 e. The Balaban J connectivity index is 2.75. The number of ketones is 1. The van der Waals surface area contributed by atoms with Gasteiger partial charge in [0.25, 0.3) is 5.69 Å². The fourth-order valence-electron chi connectivity index (χ4n) is 1.76. The molecule has 1 aromatic carbocycles. The maximum atomic E-state index is 11.9. The number of nitrogens with one attached hydrogen (secondary N) is 1. The highest BCUT2D eigenvalue weighted by molar-refractivity contribution is 5.90. The molecule has 126 valence electrons. The van der Waals surface area contributed by atoms with Crippen molar-refractivity contribution in [2.45, 2.75) is 32.2 Å². The van der Waals surface area contributed by atoms with Gasteiger partial charge in [-0.1, -0.05) is 13.8 Å². The summed E-state index contributed by atoms with van der Waals surface area (Å²) in [5.74, 6) is -1.99. The lowest BCUT2D eigenvalue weighted by atomic mass is 10.0. The van der Waals surface area contributed by atoms with Gasteiger partial charge in [0.2, 0.25) is 5.91 Å². The molecule has 3 atom stereocenters. The van der Waals surface area contributed by atoms with E-state index in [1.54, 1.807) is 13.8 Å². The molecule has 0 radical (unpaired) electrons. The van der Waals surface area contributed by atoms with Crippen LogP contribution in [0.1, 0.15) is 25.5 Å². The number of non-ortho nitro benzene ring substituents is 1. The number of aliphatic hydroxyl groups is 2. The molecule has 0 aliphatic carbocycles. The van der Waals surface area contributed by atoms with E-state index in [0.717, 1.165) is 0 Å². The summed E-state index contributed by atoms with van der Waals surface area (Å²) in [6.07, 6.45) is -3.16. The lowest BCUT2D eigenvalue weighted by molar-refractivity contribution is -0.384. The first-order valence-electron chi connectivity index (χ1n) is 6.85. The van der Waals surface area contributed by atoms with Gasteiger partial charge in [-0.15, -0.1) is 0 Å². The second-order valence-electron chi connectivity index (χ2n) is 5.29. The molecule has 0 aliphatic heterocycles. The van der Waals surface area contributed by atoms with Crippen molar-refractivity contribution in [3.05, 3.63) is 39.9 Å². The summed E-state index contributed by atoms with van der Waals surface area (Å²) in [4.78, 5) is 33.3. The molecule has 9 heteroatoms. The SMILES string of the molecule is CC(C)C(=O)[C@H](O)NC(=O)[C@H](N)[C@@H](O)c1ccc([N+](=O)[O-])cc1. The smallest absolute Gasteiger partial charge is 0.269 e. The first kappa shape index (κ1) is 18.7. The van der Waals surface area contributed by atoms with Crippen LogP contribution < -0.4 is 11.1 Å². The minimum absolute atomic E-state index is 0.170. The highest BCUT2D eigenvalue weighted by atomic mass is 16.6. The fraction of sp³-hybridized carbons (Fsp3) is 0.429. The molecule has 1 rings (SSSR count). The summed E-state index contributed by atoms with van der Waals surface area (Å²) in [6.45, 7) is 3.12. The second kappa shape index (κ2) is 7.77. The van der Waals surface area contributed by atoms with Crippen LogP contribution in [-0.2, 0) is 9.59 Å². The molecule has 1 aromatic rings. The monoisotopic (exact) mass is 325 g/mol. The number of carbonyl (C=O) groups excluding carboxylic acids is 2. The van der Waals surface area contributed by atoms with Crippen molar-refractivity contribution >= 4 is 17.4 Å². The van der Waals surface area contributed by atoms with Crippen molar-refractivity contribution in [1.82, 2.24) is 5.32 Å². The van der Waals surface area contributed by atoms with Gasteiger partial charge in [0.1, 0.15) is 12.1 Å². The summed E-state index contributed by atoms with van der Waals surface area (Å²) < 4.78 is 0. The second-order valence-corrected chi connectivity index (χ2v) is 5.29. The number of hydrogen-bond acceptors (Lipinski definition) is 7. The quantitative estimate of drug-likeness (QED) is 0.302. The van der Waals surface area contributed by atoms with E-state index in [2.05, 4.69) is 0 Å². The van der Waals surface area contributed by atoms with E-state index in [4.69, 9.17) is 5.73 Å². The Kier molecular flexibility index (Phi) is 6.31. The van der Waals surface area contributed by atoms with Crippen LogP contribution in [0.15, 0.2) is 24.3 Å². The van der Waals surface area contributed by atoms with Gasteiger partial charge < -0.3 is 21.3 Å². The van der Waals surface area contributed by atoms with E-state index in [1.807, 2.05) is 5.32 Å². The zero-order chi connectivity index (χ0) is 17.7. The molecule has 9 nitrogen and oxygen atoms in total. The number of aliphatic hydroxyl groups excluding tert-OH is 2. The number of nitro benzene ring substituents is 1. The van der Waals surface area contributed by atoms with Gasteiger partial charge in [0.15, 0.2) is 12.0 Å². The van der Waals surface area contributed by atoms with Crippen molar-refractivity contribution in [3.8, 4) is 0 Å². The van der Waals surface area contributed by atoms with Gasteiger partial charge in [-0.2, -0.15) is 0 Å². The Morgan fingerprint density at radius 1 is 1.22 bits per heavy atom. The predicted octanol–water partition coefficient (Wildman–Crippen LogP) is -0.385. The third-order valence-corrected chi connectivity index (χ3v) is 3.21. The Bertz CT molecular complexity index is 587. The van der Waals surface area contributed by atoms with E-state index < -0.39 is 40.9 Å². The molecule has 0 aliphatic rings. The third-order valence-electron chi connectivity index (χ3n) is 3.21. The number of nitro groups is 1. The topological polar surface area (TPSA) is 156 Å². The fourth-order valence-corrected chi connectivity index (χ4v) is 1.76. The molecule has 0 saturated heterocycles. The zero-order valence-corrected chi connectivity index (χ0v) is 12.7. The Labute approximate surface area is 132 Å². The number of carbonyl (C=O) groups is 2. The summed E-state index contributed by atoms with van der Waals surface area (Å²) in [7, 11) is 0. The summed E-state index contributed by atoms with van der Waals surface area (Å²) >= 11 is 0. The molecule has 0 aromatic heterocycles. The molecular weight excluding hydrogens is 306 g/mol. The average molecular weight is 325 g/mol. The average Bonchev–Trinajstić information content (AvgIpc) is 2.52. The predicted molar refractivity (Wildman–Crippen MR) is 80.0 cm³/mol. The van der Waals surface area contributed by atoms with Crippen molar-refractivity contribution < 1.29 is 24.7 Å². The van der Waals surface area contributed by atoms with Crippen molar-refractivity contribution in [3.63, 3.8) is 0 Å². The number of amides is 1. The van der Waals surface area contributed by atoms with Crippen LogP contribution in [0.25, 0.3) is 0 Å². The molecule has 0 saturated carbocycles. The van der Waals surface area contributed by atoms with Crippen molar-refractivity contribution in [1.29, 1.82) is 0 Å². The Hall–Kier alpha value is -2.36. The Morgan fingerprint density at radius 2 is 1.74 bits per heavy atom. The number of rotatable bonds is 7. The Morgan fingerprint density at radius 3 is 2.17 bits per heavy atom. The van der Waals surface area contributed by atoms with Crippen LogP contribution in [-0.4, -0.2) is 39.1 Å². The summed E-state index contributed by atoms with van der Waals surface area (Å²) in [6, 6.07) is 3.42. The van der Waals surface area contributed by atoms with Crippen molar-refractivity contribution in [2.24, 2.45) is 11.7 Å². The van der Waals surface area contributed by atoms with Crippen LogP contribution in [0.4, 0.5) is 5.69 Å². The molecule has 1 amide bonds. The zero-order valence-electron chi connectivity index (χ0n) is 12.7. The normalized spacial score (nSPS) is 14.9. The van der Waals surface area contributed by atoms with Gasteiger partial charge in [-0.05, 0) is 17.7 Å². The van der Waals surface area contributed by atoms with Gasteiger partial charge in [-0.25, -0.2) is 0 Å². The van der Waals surface area contributed by atoms with Crippen LogP contribution in [0, 0.1) is 16.0 Å². The van der Waals surface area contributed by atoms with Gasteiger partial charge in [0, 0.05) is 18.1 Å². The van der Waals surface area contributed by atoms with Crippen LogP contribution in [0.3, 0.4) is 0 Å². The highest BCUT2D eigenvalue weighted by Gasteiger charge is 2.28.